The van der Waals surface area contributed by atoms with E-state index in [9.17, 15) is 9.59 Å². The molecule has 0 saturated carbocycles. The Morgan fingerprint density at radius 1 is 1.38 bits per heavy atom. The van der Waals surface area contributed by atoms with Crippen LogP contribution in [0.4, 0.5) is 5.69 Å². The molecule has 1 aromatic carbocycles. The van der Waals surface area contributed by atoms with E-state index in [1.165, 1.54) is 6.08 Å². The Kier molecular flexibility index (Phi) is 4.46. The number of likely N-dealkylation sites (tertiary alicyclic amines) is 1. The maximum Gasteiger partial charge on any atom is 0.247 e. The van der Waals surface area contributed by atoms with Gasteiger partial charge in [0.25, 0.3) is 0 Å². The van der Waals surface area contributed by atoms with Crippen LogP contribution in [0, 0.1) is 0 Å². The third-order valence-electron chi connectivity index (χ3n) is 4.00. The summed E-state index contributed by atoms with van der Waals surface area (Å²) in [6.07, 6.45) is 3.61. The van der Waals surface area contributed by atoms with E-state index >= 15 is 0 Å². The first kappa shape index (κ1) is 15.3. The molecule has 2 rings (SSSR count). The highest BCUT2D eigenvalue weighted by Crippen LogP contribution is 2.29. The molecule has 1 heterocycles. The molecule has 0 aliphatic carbocycles. The Hall–Kier alpha value is -2.10. The van der Waals surface area contributed by atoms with Crippen molar-refractivity contribution in [3.63, 3.8) is 0 Å². The molecule has 1 fully saturated rings. The molecular weight excluding hydrogens is 264 g/mol. The Labute approximate surface area is 125 Å². The normalized spacial score (nSPS) is 16.6. The number of hydrogen-bond acceptors (Lipinski definition) is 2. The fourth-order valence-electron chi connectivity index (χ4n) is 2.81. The van der Waals surface area contributed by atoms with Gasteiger partial charge < -0.3 is 10.2 Å². The maximum absolute atomic E-state index is 12.5. The summed E-state index contributed by atoms with van der Waals surface area (Å²) in [7, 11) is 0. The van der Waals surface area contributed by atoms with Gasteiger partial charge in [-0.15, -0.1) is 0 Å². The lowest BCUT2D eigenvalue weighted by Crippen LogP contribution is -2.43. The van der Waals surface area contributed by atoms with E-state index in [2.05, 4.69) is 25.7 Å². The van der Waals surface area contributed by atoms with E-state index in [0.717, 1.165) is 24.9 Å². The summed E-state index contributed by atoms with van der Waals surface area (Å²) in [5, 5.41) is 2.75. The third kappa shape index (κ3) is 3.51. The molecule has 1 saturated heterocycles. The minimum absolute atomic E-state index is 0.0730. The number of benzene rings is 1. The Bertz CT molecular complexity index is 564. The average molecular weight is 286 g/mol. The van der Waals surface area contributed by atoms with Crippen LogP contribution < -0.4 is 5.32 Å². The van der Waals surface area contributed by atoms with Crippen molar-refractivity contribution in [1.29, 1.82) is 0 Å². The molecule has 2 amide bonds. The molecule has 0 radical (unpaired) electrons. The highest BCUT2D eigenvalue weighted by atomic mass is 16.2. The van der Waals surface area contributed by atoms with Crippen LogP contribution in [0.5, 0.6) is 0 Å². The predicted molar refractivity (Wildman–Crippen MR) is 84.0 cm³/mol. The zero-order valence-electron chi connectivity index (χ0n) is 12.7. The van der Waals surface area contributed by atoms with Gasteiger partial charge in [0.15, 0.2) is 0 Å². The first-order valence-electron chi connectivity index (χ1n) is 7.26. The molecule has 4 nitrogen and oxygen atoms in total. The fraction of sp³-hybridized carbons (Fsp3) is 0.412. The zero-order chi connectivity index (χ0) is 15.5. The number of rotatable bonds is 4. The van der Waals surface area contributed by atoms with Crippen molar-refractivity contribution < 1.29 is 9.59 Å². The van der Waals surface area contributed by atoms with Crippen molar-refractivity contribution in [1.82, 2.24) is 4.90 Å². The second kappa shape index (κ2) is 6.12. The summed E-state index contributed by atoms with van der Waals surface area (Å²) >= 11 is 0. The quantitative estimate of drug-likeness (QED) is 0.865. The van der Waals surface area contributed by atoms with Crippen LogP contribution in [0.1, 0.15) is 32.3 Å². The van der Waals surface area contributed by atoms with Gasteiger partial charge in [-0.25, -0.2) is 0 Å². The lowest BCUT2D eigenvalue weighted by molar-refractivity contribution is -0.133. The number of nitrogens with zero attached hydrogens (tertiary/aromatic N) is 1. The molecule has 0 unspecified atom stereocenters. The van der Waals surface area contributed by atoms with E-state index in [1.54, 1.807) is 6.07 Å². The number of anilines is 1. The second-order valence-electron chi connectivity index (χ2n) is 5.99. The number of nitrogens with one attached hydrogen (secondary N) is 1. The van der Waals surface area contributed by atoms with Crippen molar-refractivity contribution in [2.45, 2.75) is 38.6 Å². The Morgan fingerprint density at radius 2 is 2.10 bits per heavy atom. The maximum atomic E-state index is 12.5. The van der Waals surface area contributed by atoms with Crippen LogP contribution in [0.3, 0.4) is 0 Å². The summed E-state index contributed by atoms with van der Waals surface area (Å²) in [5.41, 5.74) is 1.43. The van der Waals surface area contributed by atoms with E-state index < -0.39 is 0 Å². The highest BCUT2D eigenvalue weighted by molar-refractivity contribution is 5.99. The summed E-state index contributed by atoms with van der Waals surface area (Å²) in [6.45, 7) is 8.46. The monoisotopic (exact) mass is 286 g/mol. The molecule has 1 aliphatic heterocycles. The van der Waals surface area contributed by atoms with E-state index in [1.807, 2.05) is 23.1 Å². The zero-order valence-corrected chi connectivity index (χ0v) is 12.7. The molecule has 0 aromatic heterocycles. The molecule has 4 heteroatoms. The summed E-state index contributed by atoms with van der Waals surface area (Å²) in [5.74, 6) is -0.158. The smallest absolute Gasteiger partial charge is 0.247 e. The van der Waals surface area contributed by atoms with Gasteiger partial charge in [-0.1, -0.05) is 24.8 Å². The van der Waals surface area contributed by atoms with Gasteiger partial charge in [0.2, 0.25) is 11.8 Å². The van der Waals surface area contributed by atoms with Crippen LogP contribution in [-0.4, -0.2) is 28.8 Å². The minimum Gasteiger partial charge on any atom is -0.337 e. The molecule has 112 valence electrons. The van der Waals surface area contributed by atoms with Crippen LogP contribution in [0.2, 0.25) is 0 Å². The molecule has 1 aromatic rings. The SMILES string of the molecule is C=CC(=O)Nc1ccccc1CC(=O)N1CCCC1(C)C. The molecule has 0 atom stereocenters. The number of para-hydroxylation sites is 1. The largest absolute Gasteiger partial charge is 0.337 e. The van der Waals surface area contributed by atoms with Gasteiger partial charge in [0.05, 0.1) is 6.42 Å². The van der Waals surface area contributed by atoms with Crippen LogP contribution >= 0.6 is 0 Å². The first-order valence-corrected chi connectivity index (χ1v) is 7.26. The molecule has 1 N–H and O–H groups in total. The van der Waals surface area contributed by atoms with Crippen molar-refractivity contribution in [2.24, 2.45) is 0 Å². The molecule has 0 bridgehead atoms. The predicted octanol–water partition coefficient (Wildman–Crippen LogP) is 2.75. The first-order chi connectivity index (χ1) is 9.94. The van der Waals surface area contributed by atoms with Crippen LogP contribution in [0.25, 0.3) is 0 Å². The van der Waals surface area contributed by atoms with Gasteiger partial charge in [-0.2, -0.15) is 0 Å². The van der Waals surface area contributed by atoms with E-state index in [0.29, 0.717) is 12.1 Å². The van der Waals surface area contributed by atoms with Crippen molar-refractivity contribution in [3.05, 3.63) is 42.5 Å². The van der Waals surface area contributed by atoms with Crippen molar-refractivity contribution in [3.8, 4) is 0 Å². The summed E-state index contributed by atoms with van der Waals surface area (Å²) < 4.78 is 0. The Morgan fingerprint density at radius 3 is 2.71 bits per heavy atom. The van der Waals surface area contributed by atoms with Gasteiger partial charge >= 0.3 is 0 Å². The van der Waals surface area contributed by atoms with Gasteiger partial charge in [0, 0.05) is 17.8 Å². The highest BCUT2D eigenvalue weighted by Gasteiger charge is 2.35. The number of carbonyl (C=O) groups is 2. The third-order valence-corrected chi connectivity index (χ3v) is 4.00. The summed E-state index contributed by atoms with van der Waals surface area (Å²) in [6, 6.07) is 7.40. The lowest BCUT2D eigenvalue weighted by atomic mass is 10.0. The van der Waals surface area contributed by atoms with E-state index in [4.69, 9.17) is 0 Å². The number of amides is 2. The van der Waals surface area contributed by atoms with Crippen LogP contribution in [0.15, 0.2) is 36.9 Å². The average Bonchev–Trinajstić information content (AvgIpc) is 2.80. The van der Waals surface area contributed by atoms with Crippen LogP contribution in [-0.2, 0) is 16.0 Å². The molecular formula is C17H22N2O2. The van der Waals surface area contributed by atoms with Gasteiger partial charge in [0.1, 0.15) is 0 Å². The molecule has 1 aliphatic rings. The fourth-order valence-corrected chi connectivity index (χ4v) is 2.81. The Balaban J connectivity index is 2.14. The second-order valence-corrected chi connectivity index (χ2v) is 5.99. The number of carbonyl (C=O) groups excluding carboxylic acids is 2. The molecule has 21 heavy (non-hydrogen) atoms. The molecule has 0 spiro atoms. The topological polar surface area (TPSA) is 49.4 Å². The lowest BCUT2D eigenvalue weighted by Gasteiger charge is -2.32. The van der Waals surface area contributed by atoms with E-state index in [-0.39, 0.29) is 17.4 Å². The minimum atomic E-state index is -0.267. The standard InChI is InChI=1S/C17H22N2O2/c1-4-15(20)18-14-9-6-5-8-13(14)12-16(21)19-11-7-10-17(19,2)3/h4-6,8-9H,1,7,10-12H2,2-3H3,(H,18,20). The van der Waals surface area contributed by atoms with Gasteiger partial charge in [-0.3, -0.25) is 9.59 Å². The van der Waals surface area contributed by atoms with Crippen molar-refractivity contribution >= 4 is 17.5 Å². The number of hydrogen-bond donors (Lipinski definition) is 1. The summed E-state index contributed by atoms with van der Waals surface area (Å²) in [4.78, 5) is 25.9. The van der Waals surface area contributed by atoms with Gasteiger partial charge in [-0.05, 0) is 44.4 Å². The van der Waals surface area contributed by atoms with Crippen molar-refractivity contribution in [2.75, 3.05) is 11.9 Å².